The van der Waals surface area contributed by atoms with E-state index in [1.165, 1.54) is 0 Å². The highest BCUT2D eigenvalue weighted by atomic mass is 79.9. The van der Waals surface area contributed by atoms with Gasteiger partial charge >= 0.3 is 0 Å². The first-order valence-electron chi connectivity index (χ1n) is 5.17. The van der Waals surface area contributed by atoms with Crippen LogP contribution in [-0.4, -0.2) is 15.1 Å². The zero-order chi connectivity index (χ0) is 11.6. The molecule has 0 amide bonds. The highest BCUT2D eigenvalue weighted by Crippen LogP contribution is 2.29. The van der Waals surface area contributed by atoms with Crippen molar-refractivity contribution in [3.8, 4) is 0 Å². The lowest BCUT2D eigenvalue weighted by molar-refractivity contribution is 0.410. The molecular weight excluding hydrogens is 275 g/mol. The van der Waals surface area contributed by atoms with E-state index in [4.69, 9.17) is 11.6 Å². The van der Waals surface area contributed by atoms with Gasteiger partial charge in [0.1, 0.15) is 0 Å². The van der Waals surface area contributed by atoms with Crippen LogP contribution in [0.5, 0.6) is 0 Å². The van der Waals surface area contributed by atoms with Gasteiger partial charge in [0.2, 0.25) is 0 Å². The molecule has 1 aromatic heterocycles. The molecule has 0 unspecified atom stereocenters. The van der Waals surface area contributed by atoms with Gasteiger partial charge in [0.15, 0.2) is 0 Å². The van der Waals surface area contributed by atoms with Crippen molar-refractivity contribution in [2.24, 2.45) is 12.5 Å². The monoisotopic (exact) mass is 292 g/mol. The van der Waals surface area contributed by atoms with Crippen LogP contribution in [-0.2, 0) is 19.9 Å². The van der Waals surface area contributed by atoms with Crippen LogP contribution in [0.1, 0.15) is 32.2 Å². The van der Waals surface area contributed by atoms with E-state index in [1.54, 1.807) is 0 Å². The second-order valence-electron chi connectivity index (χ2n) is 4.66. The van der Waals surface area contributed by atoms with Crippen molar-refractivity contribution in [2.45, 2.75) is 33.6 Å². The van der Waals surface area contributed by atoms with Gasteiger partial charge in [-0.3, -0.25) is 4.68 Å². The molecule has 86 valence electrons. The molecule has 1 heterocycles. The van der Waals surface area contributed by atoms with E-state index < -0.39 is 0 Å². The van der Waals surface area contributed by atoms with Crippen LogP contribution in [0.15, 0.2) is 0 Å². The Kier molecular flexibility index (Phi) is 4.24. The summed E-state index contributed by atoms with van der Waals surface area (Å²) in [6.07, 6.45) is 1.84. The Morgan fingerprint density at radius 1 is 1.47 bits per heavy atom. The largest absolute Gasteiger partial charge is 0.271 e. The van der Waals surface area contributed by atoms with Crippen LogP contribution in [0.2, 0.25) is 5.02 Å². The Balaban J connectivity index is 2.99. The summed E-state index contributed by atoms with van der Waals surface area (Å²) < 4.78 is 1.91. The summed E-state index contributed by atoms with van der Waals surface area (Å²) in [6.45, 7) is 6.51. The maximum absolute atomic E-state index is 6.29. The SMILES string of the molecule is CCc1nn(C)c(CC(C)(C)CBr)c1Cl. The lowest BCUT2D eigenvalue weighted by Gasteiger charge is -2.21. The summed E-state index contributed by atoms with van der Waals surface area (Å²) in [5.74, 6) is 0. The summed E-state index contributed by atoms with van der Waals surface area (Å²) in [5, 5.41) is 6.22. The van der Waals surface area contributed by atoms with E-state index in [9.17, 15) is 0 Å². The summed E-state index contributed by atoms with van der Waals surface area (Å²) in [7, 11) is 1.96. The third kappa shape index (κ3) is 2.97. The van der Waals surface area contributed by atoms with Gasteiger partial charge in [-0.1, -0.05) is 48.3 Å². The van der Waals surface area contributed by atoms with Gasteiger partial charge in [-0.05, 0) is 18.3 Å². The van der Waals surface area contributed by atoms with Gasteiger partial charge in [-0.2, -0.15) is 5.10 Å². The van der Waals surface area contributed by atoms with E-state index in [1.807, 2.05) is 11.7 Å². The standard InChI is InChI=1S/C11H18BrClN2/c1-5-8-10(13)9(15(4)14-8)6-11(2,3)7-12/h5-7H2,1-4H3. The van der Waals surface area contributed by atoms with E-state index in [-0.39, 0.29) is 5.41 Å². The van der Waals surface area contributed by atoms with Crippen molar-refractivity contribution in [3.05, 3.63) is 16.4 Å². The van der Waals surface area contributed by atoms with Crippen molar-refractivity contribution in [2.75, 3.05) is 5.33 Å². The first kappa shape index (κ1) is 13.0. The molecule has 0 aromatic carbocycles. The molecule has 15 heavy (non-hydrogen) atoms. The van der Waals surface area contributed by atoms with Crippen LogP contribution < -0.4 is 0 Å². The van der Waals surface area contributed by atoms with Crippen LogP contribution in [0.25, 0.3) is 0 Å². The minimum Gasteiger partial charge on any atom is -0.271 e. The van der Waals surface area contributed by atoms with Crippen molar-refractivity contribution < 1.29 is 0 Å². The molecule has 0 saturated heterocycles. The number of halogens is 2. The number of aryl methyl sites for hydroxylation is 2. The number of nitrogens with zero attached hydrogens (tertiary/aromatic N) is 2. The summed E-state index contributed by atoms with van der Waals surface area (Å²) >= 11 is 9.82. The third-order valence-corrected chi connectivity index (χ3v) is 4.46. The predicted octanol–water partition coefficient (Wildman–Crippen LogP) is 3.60. The first-order valence-corrected chi connectivity index (χ1v) is 6.67. The minimum atomic E-state index is 0.211. The molecule has 0 aliphatic carbocycles. The number of hydrogen-bond acceptors (Lipinski definition) is 1. The Bertz CT molecular complexity index is 345. The maximum Gasteiger partial charge on any atom is 0.0849 e. The lowest BCUT2D eigenvalue weighted by Crippen LogP contribution is -2.18. The first-order chi connectivity index (χ1) is 6.91. The van der Waals surface area contributed by atoms with Gasteiger partial charge in [-0.15, -0.1) is 0 Å². The van der Waals surface area contributed by atoms with Crippen LogP contribution in [0.4, 0.5) is 0 Å². The zero-order valence-electron chi connectivity index (χ0n) is 9.77. The fraction of sp³-hybridized carbons (Fsp3) is 0.727. The Hall–Kier alpha value is -0.0200. The van der Waals surface area contributed by atoms with Crippen molar-refractivity contribution in [1.29, 1.82) is 0 Å². The molecule has 0 fully saturated rings. The molecule has 1 rings (SSSR count). The summed E-state index contributed by atoms with van der Waals surface area (Å²) in [4.78, 5) is 0. The van der Waals surface area contributed by atoms with Gasteiger partial charge in [0.25, 0.3) is 0 Å². The molecule has 0 N–H and O–H groups in total. The quantitative estimate of drug-likeness (QED) is 0.776. The maximum atomic E-state index is 6.29. The smallest absolute Gasteiger partial charge is 0.0849 e. The highest BCUT2D eigenvalue weighted by Gasteiger charge is 2.22. The summed E-state index contributed by atoms with van der Waals surface area (Å²) in [5.41, 5.74) is 2.35. The zero-order valence-corrected chi connectivity index (χ0v) is 12.1. The number of hydrogen-bond donors (Lipinski definition) is 0. The minimum absolute atomic E-state index is 0.211. The van der Waals surface area contributed by atoms with Crippen LogP contribution in [0.3, 0.4) is 0 Å². The average molecular weight is 294 g/mol. The van der Waals surface area contributed by atoms with Gasteiger partial charge in [0, 0.05) is 12.4 Å². The molecule has 0 atom stereocenters. The average Bonchev–Trinajstić information content (AvgIpc) is 2.45. The van der Waals surface area contributed by atoms with Crippen LogP contribution >= 0.6 is 27.5 Å². The van der Waals surface area contributed by atoms with Gasteiger partial charge < -0.3 is 0 Å². The fourth-order valence-electron chi connectivity index (χ4n) is 1.51. The fourth-order valence-corrected chi connectivity index (χ4v) is 2.07. The Morgan fingerprint density at radius 2 is 2.07 bits per heavy atom. The lowest BCUT2D eigenvalue weighted by atomic mass is 9.90. The van der Waals surface area contributed by atoms with E-state index in [0.717, 1.165) is 34.6 Å². The molecule has 2 nitrogen and oxygen atoms in total. The molecule has 0 radical (unpaired) electrons. The van der Waals surface area contributed by atoms with Crippen molar-refractivity contribution in [1.82, 2.24) is 9.78 Å². The Morgan fingerprint density at radius 3 is 2.47 bits per heavy atom. The topological polar surface area (TPSA) is 17.8 Å². The van der Waals surface area contributed by atoms with Crippen LogP contribution in [0, 0.1) is 5.41 Å². The molecule has 4 heteroatoms. The third-order valence-electron chi connectivity index (χ3n) is 2.51. The second kappa shape index (κ2) is 4.88. The van der Waals surface area contributed by atoms with Crippen molar-refractivity contribution in [3.63, 3.8) is 0 Å². The number of alkyl halides is 1. The molecule has 1 aromatic rings. The highest BCUT2D eigenvalue weighted by molar-refractivity contribution is 9.09. The van der Waals surface area contributed by atoms with Gasteiger partial charge in [-0.25, -0.2) is 0 Å². The van der Waals surface area contributed by atoms with Gasteiger partial charge in [0.05, 0.1) is 16.4 Å². The Labute approximate surface area is 105 Å². The molecule has 0 saturated carbocycles. The van der Waals surface area contributed by atoms with E-state index >= 15 is 0 Å². The number of aromatic nitrogens is 2. The molecule has 0 aliphatic heterocycles. The number of rotatable bonds is 4. The normalized spacial score (nSPS) is 12.1. The van der Waals surface area contributed by atoms with E-state index in [2.05, 4.69) is 41.8 Å². The van der Waals surface area contributed by atoms with Crippen molar-refractivity contribution >= 4 is 27.5 Å². The molecule has 0 aliphatic rings. The van der Waals surface area contributed by atoms with E-state index in [0.29, 0.717) is 0 Å². The summed E-state index contributed by atoms with van der Waals surface area (Å²) in [6, 6.07) is 0. The molecule has 0 bridgehead atoms. The molecule has 0 spiro atoms. The molecular formula is C11H18BrClN2. The predicted molar refractivity (Wildman–Crippen MR) is 68.9 cm³/mol. The second-order valence-corrected chi connectivity index (χ2v) is 5.60.